The zero-order valence-corrected chi connectivity index (χ0v) is 22.7. The van der Waals surface area contributed by atoms with Gasteiger partial charge in [0.05, 0.1) is 41.3 Å². The fourth-order valence-electron chi connectivity index (χ4n) is 5.77. The molecule has 2 aliphatic heterocycles. The van der Waals surface area contributed by atoms with E-state index in [9.17, 15) is 19.5 Å². The lowest BCUT2D eigenvalue weighted by Crippen LogP contribution is -2.44. The minimum absolute atomic E-state index is 0.0835. The summed E-state index contributed by atoms with van der Waals surface area (Å²) in [6.07, 6.45) is 4.23. The van der Waals surface area contributed by atoms with Crippen molar-refractivity contribution in [2.75, 3.05) is 12.3 Å². The standard InChI is InChI=1S/C29H34N4O7/c1-3-16-17-14-33-21(13-19-18(27(33)35)15-40-28(36)29(19,37)4-2)26(17)31-20-10-11-22(25(30)24(16)20)39-12-8-6-5-7-9-23(34)32-38/h10-11,13,37-38H,3-9,12,14-15,30H2,1-2H3,(H,32,34)/t29-/m0/s1. The Bertz CT molecular complexity index is 1560. The lowest BCUT2D eigenvalue weighted by molar-refractivity contribution is -0.172. The Morgan fingerprint density at radius 2 is 1.98 bits per heavy atom. The van der Waals surface area contributed by atoms with Crippen LogP contribution in [-0.2, 0) is 39.5 Å². The van der Waals surface area contributed by atoms with Gasteiger partial charge in [0.15, 0.2) is 5.60 Å². The Morgan fingerprint density at radius 1 is 1.20 bits per heavy atom. The zero-order valence-electron chi connectivity index (χ0n) is 22.7. The second-order valence-electron chi connectivity index (χ2n) is 10.3. The number of hydrogen-bond donors (Lipinski definition) is 4. The molecule has 11 heteroatoms. The summed E-state index contributed by atoms with van der Waals surface area (Å²) in [7, 11) is 0. The molecule has 1 atom stereocenters. The van der Waals surface area contributed by atoms with E-state index < -0.39 is 11.6 Å². The van der Waals surface area contributed by atoms with Crippen molar-refractivity contribution in [1.82, 2.24) is 15.0 Å². The second kappa shape index (κ2) is 10.9. The number of fused-ring (bicyclic) bond motifs is 5. The van der Waals surface area contributed by atoms with Gasteiger partial charge in [-0.2, -0.15) is 0 Å². The fraction of sp³-hybridized carbons (Fsp3) is 0.448. The lowest BCUT2D eigenvalue weighted by atomic mass is 9.86. The molecule has 0 bridgehead atoms. The smallest absolute Gasteiger partial charge is 0.343 e. The van der Waals surface area contributed by atoms with Crippen LogP contribution in [0.15, 0.2) is 23.0 Å². The van der Waals surface area contributed by atoms with Gasteiger partial charge >= 0.3 is 5.97 Å². The quantitative estimate of drug-likeness (QED) is 0.0763. The van der Waals surface area contributed by atoms with E-state index in [4.69, 9.17) is 25.4 Å². The largest absolute Gasteiger partial charge is 0.491 e. The maximum atomic E-state index is 13.5. The Hall–Kier alpha value is -3.96. The number of aryl methyl sites for hydroxylation is 1. The third kappa shape index (κ3) is 4.48. The molecule has 0 spiro atoms. The van der Waals surface area contributed by atoms with Crippen molar-refractivity contribution < 1.29 is 29.4 Å². The summed E-state index contributed by atoms with van der Waals surface area (Å²) in [6, 6.07) is 5.36. The van der Waals surface area contributed by atoms with E-state index in [-0.39, 0.29) is 42.0 Å². The molecule has 4 heterocycles. The van der Waals surface area contributed by atoms with Crippen molar-refractivity contribution in [3.05, 3.63) is 50.8 Å². The maximum Gasteiger partial charge on any atom is 0.343 e. The molecular formula is C29H34N4O7. The molecule has 3 aromatic rings. The van der Waals surface area contributed by atoms with Crippen LogP contribution in [0.4, 0.5) is 5.69 Å². The fourth-order valence-corrected chi connectivity index (χ4v) is 5.77. The van der Waals surface area contributed by atoms with Gasteiger partial charge in [-0.25, -0.2) is 15.3 Å². The van der Waals surface area contributed by atoms with Gasteiger partial charge in [0, 0.05) is 22.9 Å². The first-order valence-electron chi connectivity index (χ1n) is 13.7. The SMILES string of the molecule is CCc1c2c(nc3ccc(OCCCCCCC(=O)NO)c(N)c13)-c1cc3c(c(=O)n1C2)COC(=O)[C@]3(O)CC. The van der Waals surface area contributed by atoms with Crippen LogP contribution in [0, 0.1) is 0 Å². The Balaban J connectivity index is 1.45. The number of carbonyl (C=O) groups excluding carboxylic acids is 2. The third-order valence-corrected chi connectivity index (χ3v) is 8.00. The topological polar surface area (TPSA) is 166 Å². The number of amides is 1. The number of nitrogens with two attached hydrogens (primary N) is 1. The average Bonchev–Trinajstić information content (AvgIpc) is 3.33. The van der Waals surface area contributed by atoms with Crippen LogP contribution < -0.4 is 21.5 Å². The first-order valence-corrected chi connectivity index (χ1v) is 13.7. The number of nitrogen functional groups attached to an aromatic ring is 1. The first kappa shape index (κ1) is 27.6. The predicted molar refractivity (Wildman–Crippen MR) is 147 cm³/mol. The predicted octanol–water partition coefficient (Wildman–Crippen LogP) is 3.06. The Labute approximate surface area is 230 Å². The van der Waals surface area contributed by atoms with Gasteiger partial charge in [-0.3, -0.25) is 14.8 Å². The molecular weight excluding hydrogens is 516 g/mol. The van der Waals surface area contributed by atoms with Gasteiger partial charge in [0.2, 0.25) is 5.91 Å². The highest BCUT2D eigenvalue weighted by Crippen LogP contribution is 2.42. The van der Waals surface area contributed by atoms with E-state index in [0.29, 0.717) is 54.3 Å². The van der Waals surface area contributed by atoms with E-state index in [1.165, 1.54) is 0 Å². The molecule has 1 amide bonds. The number of benzene rings is 1. The van der Waals surface area contributed by atoms with Crippen LogP contribution in [0.3, 0.4) is 0 Å². The van der Waals surface area contributed by atoms with E-state index in [2.05, 4.69) is 0 Å². The summed E-state index contributed by atoms with van der Waals surface area (Å²) >= 11 is 0. The summed E-state index contributed by atoms with van der Waals surface area (Å²) in [4.78, 5) is 42.0. The number of ether oxygens (including phenoxy) is 2. The summed E-state index contributed by atoms with van der Waals surface area (Å²) in [5.41, 5.74) is 10.9. The number of aromatic nitrogens is 2. The summed E-state index contributed by atoms with van der Waals surface area (Å²) < 4.78 is 12.8. The third-order valence-electron chi connectivity index (χ3n) is 8.00. The van der Waals surface area contributed by atoms with Crippen LogP contribution in [0.2, 0.25) is 0 Å². The number of anilines is 1. The summed E-state index contributed by atoms with van der Waals surface area (Å²) in [6.45, 7) is 4.30. The summed E-state index contributed by atoms with van der Waals surface area (Å²) in [5, 5.41) is 20.5. The Morgan fingerprint density at radius 3 is 2.70 bits per heavy atom. The van der Waals surface area contributed by atoms with Crippen molar-refractivity contribution in [2.45, 2.75) is 77.5 Å². The molecule has 2 aliphatic rings. The number of nitrogens with zero attached hydrogens (tertiary/aromatic N) is 2. The van der Waals surface area contributed by atoms with Gasteiger partial charge in [0.25, 0.3) is 5.56 Å². The normalized spacial score (nSPS) is 17.2. The molecule has 212 valence electrons. The minimum Gasteiger partial charge on any atom is -0.491 e. The van der Waals surface area contributed by atoms with E-state index in [1.54, 1.807) is 29.1 Å². The van der Waals surface area contributed by atoms with Crippen molar-refractivity contribution in [3.8, 4) is 17.1 Å². The molecule has 11 nitrogen and oxygen atoms in total. The van der Waals surface area contributed by atoms with Crippen molar-refractivity contribution >= 4 is 28.5 Å². The molecule has 0 fully saturated rings. The Kier molecular flexibility index (Phi) is 7.52. The van der Waals surface area contributed by atoms with Gasteiger partial charge < -0.3 is 24.9 Å². The maximum absolute atomic E-state index is 13.5. The van der Waals surface area contributed by atoms with Gasteiger partial charge in [0.1, 0.15) is 12.4 Å². The van der Waals surface area contributed by atoms with Crippen molar-refractivity contribution in [3.63, 3.8) is 0 Å². The number of pyridine rings is 2. The number of carbonyl (C=O) groups is 2. The second-order valence-corrected chi connectivity index (χ2v) is 10.3. The van der Waals surface area contributed by atoms with Crippen LogP contribution in [0.5, 0.6) is 5.75 Å². The number of aliphatic hydroxyl groups is 1. The number of hydroxylamine groups is 1. The molecule has 2 aromatic heterocycles. The number of nitrogens with one attached hydrogen (secondary N) is 1. The highest BCUT2D eigenvalue weighted by Gasteiger charge is 2.45. The molecule has 0 unspecified atom stereocenters. The highest BCUT2D eigenvalue weighted by atomic mass is 16.6. The van der Waals surface area contributed by atoms with Crippen LogP contribution in [-0.4, -0.2) is 38.3 Å². The molecule has 0 radical (unpaired) electrons. The number of cyclic esters (lactones) is 1. The van der Waals surface area contributed by atoms with Crippen molar-refractivity contribution in [2.24, 2.45) is 0 Å². The number of esters is 1. The molecule has 5 N–H and O–H groups in total. The average molecular weight is 551 g/mol. The van der Waals surface area contributed by atoms with E-state index in [0.717, 1.165) is 35.8 Å². The molecule has 0 aliphatic carbocycles. The minimum atomic E-state index is -1.87. The number of unbranched alkanes of at least 4 members (excludes halogenated alkanes) is 3. The lowest BCUT2D eigenvalue weighted by Gasteiger charge is -2.31. The monoisotopic (exact) mass is 550 g/mol. The molecule has 1 aromatic carbocycles. The zero-order chi connectivity index (χ0) is 28.6. The van der Waals surface area contributed by atoms with E-state index >= 15 is 0 Å². The first-order chi connectivity index (χ1) is 19.2. The van der Waals surface area contributed by atoms with Gasteiger partial charge in [-0.1, -0.05) is 26.7 Å². The van der Waals surface area contributed by atoms with Gasteiger partial charge in [-0.15, -0.1) is 0 Å². The van der Waals surface area contributed by atoms with E-state index in [1.807, 2.05) is 13.0 Å². The highest BCUT2D eigenvalue weighted by molar-refractivity contribution is 5.99. The molecule has 0 saturated heterocycles. The summed E-state index contributed by atoms with van der Waals surface area (Å²) in [5.74, 6) is -0.568. The number of hydrogen-bond acceptors (Lipinski definition) is 9. The molecule has 0 saturated carbocycles. The molecule has 40 heavy (non-hydrogen) atoms. The van der Waals surface area contributed by atoms with Crippen LogP contribution in [0.1, 0.15) is 74.6 Å². The molecule has 5 rings (SSSR count). The van der Waals surface area contributed by atoms with Gasteiger partial charge in [-0.05, 0) is 49.4 Å². The van der Waals surface area contributed by atoms with Crippen molar-refractivity contribution in [1.29, 1.82) is 0 Å². The van der Waals surface area contributed by atoms with Crippen LogP contribution >= 0.6 is 0 Å². The van der Waals surface area contributed by atoms with Crippen LogP contribution in [0.25, 0.3) is 22.3 Å². The number of rotatable bonds is 10.